The number of carbonyl (C=O) groups excluding carboxylic acids is 1. The zero-order valence-electron chi connectivity index (χ0n) is 13.1. The largest absolute Gasteiger partial charge is 0.481 e. The predicted molar refractivity (Wildman–Crippen MR) is 84.6 cm³/mol. The lowest BCUT2D eigenvalue weighted by Gasteiger charge is -2.19. The van der Waals surface area contributed by atoms with Crippen LogP contribution in [-0.2, 0) is 24.3 Å². The van der Waals surface area contributed by atoms with Crippen molar-refractivity contribution in [1.82, 2.24) is 19.7 Å². The summed E-state index contributed by atoms with van der Waals surface area (Å²) in [7, 11) is 0. The summed E-state index contributed by atoms with van der Waals surface area (Å²) in [5.41, 5.74) is 1.28. The third-order valence-corrected chi connectivity index (χ3v) is 4.00. The summed E-state index contributed by atoms with van der Waals surface area (Å²) in [6.07, 6.45) is 2.61. The van der Waals surface area contributed by atoms with Gasteiger partial charge in [0.05, 0.1) is 24.4 Å². The summed E-state index contributed by atoms with van der Waals surface area (Å²) in [4.78, 5) is 39.2. The Labute approximate surface area is 137 Å². The number of carboxylic acids is 1. The Kier molecular flexibility index (Phi) is 4.45. The lowest BCUT2D eigenvalue weighted by Crippen LogP contribution is -2.34. The number of pyridine rings is 1. The topological polar surface area (TPSA) is 108 Å². The fourth-order valence-electron chi connectivity index (χ4n) is 2.81. The van der Waals surface area contributed by atoms with Crippen LogP contribution >= 0.6 is 0 Å². The Morgan fingerprint density at radius 2 is 2.17 bits per heavy atom. The summed E-state index contributed by atoms with van der Waals surface area (Å²) < 4.78 is 1.82. The number of aliphatic carboxylic acids is 1. The molecule has 1 aliphatic rings. The molecule has 2 aromatic heterocycles. The van der Waals surface area contributed by atoms with E-state index in [0.29, 0.717) is 31.7 Å². The number of fused-ring (bicyclic) bond motifs is 1. The zero-order valence-corrected chi connectivity index (χ0v) is 13.1. The van der Waals surface area contributed by atoms with E-state index in [0.717, 1.165) is 12.1 Å². The fraction of sp³-hybridized carbons (Fsp3) is 0.375. The number of aromatic amines is 1. The van der Waals surface area contributed by atoms with Crippen molar-refractivity contribution in [2.75, 3.05) is 6.54 Å². The first-order valence-corrected chi connectivity index (χ1v) is 7.79. The Morgan fingerprint density at radius 3 is 2.92 bits per heavy atom. The van der Waals surface area contributed by atoms with Gasteiger partial charge in [0.15, 0.2) is 0 Å². The third kappa shape index (κ3) is 3.37. The molecule has 8 nitrogen and oxygen atoms in total. The number of carboxylic acid groups (broad SMARTS) is 1. The number of nitrogens with one attached hydrogen (secondary N) is 1. The molecule has 3 heterocycles. The van der Waals surface area contributed by atoms with Gasteiger partial charge in [0.1, 0.15) is 5.56 Å². The van der Waals surface area contributed by atoms with E-state index in [1.54, 1.807) is 11.0 Å². The highest BCUT2D eigenvalue weighted by atomic mass is 16.4. The lowest BCUT2D eigenvalue weighted by molar-refractivity contribution is -0.136. The second kappa shape index (κ2) is 6.69. The van der Waals surface area contributed by atoms with Crippen molar-refractivity contribution in [3.8, 4) is 0 Å². The van der Waals surface area contributed by atoms with E-state index in [4.69, 9.17) is 5.11 Å². The van der Waals surface area contributed by atoms with E-state index in [1.165, 1.54) is 12.3 Å². The smallest absolute Gasteiger partial charge is 0.303 e. The van der Waals surface area contributed by atoms with Crippen LogP contribution in [-0.4, -0.2) is 43.2 Å². The summed E-state index contributed by atoms with van der Waals surface area (Å²) >= 11 is 0. The van der Waals surface area contributed by atoms with E-state index < -0.39 is 11.5 Å². The van der Waals surface area contributed by atoms with Crippen molar-refractivity contribution in [2.45, 2.75) is 32.4 Å². The highest BCUT2D eigenvalue weighted by Crippen LogP contribution is 2.16. The number of hydrogen-bond donors (Lipinski definition) is 2. The molecule has 0 atom stereocenters. The van der Waals surface area contributed by atoms with Crippen molar-refractivity contribution in [1.29, 1.82) is 0 Å². The number of hydrogen-bond acceptors (Lipinski definition) is 4. The van der Waals surface area contributed by atoms with Gasteiger partial charge in [0, 0.05) is 25.7 Å². The number of nitrogens with zero attached hydrogens (tertiary/aromatic N) is 3. The Morgan fingerprint density at radius 1 is 1.33 bits per heavy atom. The van der Waals surface area contributed by atoms with E-state index in [2.05, 4.69) is 10.1 Å². The van der Waals surface area contributed by atoms with Crippen LogP contribution in [0, 0.1) is 0 Å². The monoisotopic (exact) mass is 330 g/mol. The van der Waals surface area contributed by atoms with Gasteiger partial charge in [-0.25, -0.2) is 0 Å². The van der Waals surface area contributed by atoms with Gasteiger partial charge < -0.3 is 15.0 Å². The number of amides is 1. The minimum Gasteiger partial charge on any atom is -0.481 e. The average molecular weight is 330 g/mol. The predicted octanol–water partition coefficient (Wildman–Crippen LogP) is 0.635. The van der Waals surface area contributed by atoms with Gasteiger partial charge in [-0.3, -0.25) is 19.1 Å². The third-order valence-electron chi connectivity index (χ3n) is 4.00. The normalized spacial score (nSPS) is 14.1. The van der Waals surface area contributed by atoms with Gasteiger partial charge in [0.25, 0.3) is 11.5 Å². The maximum Gasteiger partial charge on any atom is 0.303 e. The second-order valence-electron chi connectivity index (χ2n) is 5.74. The number of carbonyl (C=O) groups is 2. The van der Waals surface area contributed by atoms with Gasteiger partial charge in [-0.15, -0.1) is 0 Å². The molecule has 8 heteroatoms. The van der Waals surface area contributed by atoms with Crippen LogP contribution in [0.15, 0.2) is 29.2 Å². The lowest BCUT2D eigenvalue weighted by atomic mass is 10.2. The van der Waals surface area contributed by atoms with E-state index in [1.807, 2.05) is 10.7 Å². The maximum absolute atomic E-state index is 12.6. The van der Waals surface area contributed by atoms with Gasteiger partial charge in [0.2, 0.25) is 0 Å². The number of aryl methyl sites for hydroxylation is 2. The van der Waals surface area contributed by atoms with Crippen molar-refractivity contribution in [3.63, 3.8) is 0 Å². The Balaban J connectivity index is 1.79. The molecule has 0 unspecified atom stereocenters. The van der Waals surface area contributed by atoms with Crippen LogP contribution in [0.5, 0.6) is 0 Å². The molecular formula is C16H18N4O4. The number of rotatable bonds is 4. The molecule has 2 aromatic rings. The van der Waals surface area contributed by atoms with Crippen LogP contribution in [0.1, 0.15) is 34.6 Å². The molecule has 0 aliphatic carbocycles. The summed E-state index contributed by atoms with van der Waals surface area (Å²) in [6.45, 7) is 1.56. The highest BCUT2D eigenvalue weighted by Gasteiger charge is 2.23. The molecule has 0 spiro atoms. The van der Waals surface area contributed by atoms with E-state index in [-0.39, 0.29) is 17.9 Å². The Hall–Kier alpha value is -2.90. The zero-order chi connectivity index (χ0) is 17.1. The van der Waals surface area contributed by atoms with Crippen LogP contribution in [0.2, 0.25) is 0 Å². The van der Waals surface area contributed by atoms with E-state index in [9.17, 15) is 14.4 Å². The highest BCUT2D eigenvalue weighted by molar-refractivity contribution is 5.93. The molecule has 1 aliphatic heterocycles. The second-order valence-corrected chi connectivity index (χ2v) is 5.74. The molecule has 24 heavy (non-hydrogen) atoms. The molecule has 0 fully saturated rings. The molecule has 1 amide bonds. The molecule has 0 saturated carbocycles. The molecule has 2 N–H and O–H groups in total. The minimum atomic E-state index is -0.863. The molecular weight excluding hydrogens is 312 g/mol. The van der Waals surface area contributed by atoms with Crippen molar-refractivity contribution < 1.29 is 14.7 Å². The van der Waals surface area contributed by atoms with Crippen LogP contribution in [0.3, 0.4) is 0 Å². The SMILES string of the molecule is O=C(O)CCc1cc2n(n1)CCCN(C(=O)c1ccc[nH]c1=O)C2. The molecule has 0 aromatic carbocycles. The molecule has 0 radical (unpaired) electrons. The molecule has 3 rings (SSSR count). The van der Waals surface area contributed by atoms with Crippen LogP contribution in [0.4, 0.5) is 0 Å². The Bertz CT molecular complexity index is 823. The van der Waals surface area contributed by atoms with Gasteiger partial charge in [-0.1, -0.05) is 0 Å². The quantitative estimate of drug-likeness (QED) is 0.855. The molecule has 126 valence electrons. The summed E-state index contributed by atoms with van der Waals surface area (Å²) in [5.74, 6) is -1.17. The van der Waals surface area contributed by atoms with Crippen LogP contribution in [0.25, 0.3) is 0 Å². The molecule has 0 bridgehead atoms. The molecule has 0 saturated heterocycles. The minimum absolute atomic E-state index is 0.0263. The average Bonchev–Trinajstić information content (AvgIpc) is 2.83. The maximum atomic E-state index is 12.6. The van der Waals surface area contributed by atoms with Gasteiger partial charge in [-0.2, -0.15) is 5.10 Å². The standard InChI is InChI=1S/C16H18N4O4/c21-14(22)5-4-11-9-12-10-19(7-2-8-20(12)18-11)16(24)13-3-1-6-17-15(13)23/h1,3,6,9H,2,4-5,7-8,10H2,(H,17,23)(H,21,22). The van der Waals surface area contributed by atoms with Crippen molar-refractivity contribution in [2.24, 2.45) is 0 Å². The number of aromatic nitrogens is 3. The first-order valence-electron chi connectivity index (χ1n) is 7.79. The first kappa shape index (κ1) is 16.0. The van der Waals surface area contributed by atoms with Crippen LogP contribution < -0.4 is 5.56 Å². The summed E-state index contributed by atoms with van der Waals surface area (Å²) in [5, 5.41) is 13.2. The van der Waals surface area contributed by atoms with Crippen molar-refractivity contribution in [3.05, 3.63) is 51.7 Å². The first-order chi connectivity index (χ1) is 11.5. The van der Waals surface area contributed by atoms with E-state index >= 15 is 0 Å². The number of H-pyrrole nitrogens is 1. The van der Waals surface area contributed by atoms with Gasteiger partial charge >= 0.3 is 5.97 Å². The summed E-state index contributed by atoms with van der Waals surface area (Å²) in [6, 6.07) is 4.98. The van der Waals surface area contributed by atoms with Crippen molar-refractivity contribution >= 4 is 11.9 Å². The van der Waals surface area contributed by atoms with Gasteiger partial charge in [-0.05, 0) is 24.6 Å². The fourth-order valence-corrected chi connectivity index (χ4v) is 2.81.